The number of hydrogen-bond acceptors (Lipinski definition) is 3. The van der Waals surface area contributed by atoms with Crippen LogP contribution in [0.5, 0.6) is 5.75 Å². The van der Waals surface area contributed by atoms with Crippen molar-refractivity contribution in [1.82, 2.24) is 0 Å². The molecule has 4 heteroatoms. The van der Waals surface area contributed by atoms with E-state index in [-0.39, 0.29) is 0 Å². The SMILES string of the molecule is CCOc1ccc2c(c1)N(CC)/C(=C/c1cc[n+](C)c3ccccc13)S2. The number of thioether (sulfide) groups is 1. The molecule has 3 nitrogen and oxygen atoms in total. The molecular formula is C22H23N2OS+. The van der Waals surface area contributed by atoms with E-state index in [1.165, 1.54) is 32.1 Å². The van der Waals surface area contributed by atoms with Crippen molar-refractivity contribution in [3.8, 4) is 5.75 Å². The molecule has 0 unspecified atom stereocenters. The Labute approximate surface area is 158 Å². The second-order valence-electron chi connectivity index (χ2n) is 6.29. The standard InChI is InChI=1S/C22H23N2OS/c1-4-24-20-15-17(25-5-2)10-11-21(20)26-22(24)14-16-12-13-23(3)19-9-7-6-8-18(16)19/h6-15H,4-5H2,1-3H3/q+1. The summed E-state index contributed by atoms with van der Waals surface area (Å²) >= 11 is 1.83. The van der Waals surface area contributed by atoms with Crippen molar-refractivity contribution >= 4 is 34.4 Å². The maximum absolute atomic E-state index is 5.69. The lowest BCUT2D eigenvalue weighted by molar-refractivity contribution is -0.644. The van der Waals surface area contributed by atoms with Crippen LogP contribution in [0.3, 0.4) is 0 Å². The third kappa shape index (κ3) is 2.95. The van der Waals surface area contributed by atoms with Crippen molar-refractivity contribution < 1.29 is 9.30 Å². The van der Waals surface area contributed by atoms with Gasteiger partial charge in [-0.3, -0.25) is 0 Å². The number of fused-ring (bicyclic) bond motifs is 2. The molecule has 26 heavy (non-hydrogen) atoms. The zero-order valence-corrected chi connectivity index (χ0v) is 16.2. The highest BCUT2D eigenvalue weighted by Crippen LogP contribution is 2.48. The first-order valence-corrected chi connectivity index (χ1v) is 9.84. The fourth-order valence-electron chi connectivity index (χ4n) is 3.42. The molecule has 2 heterocycles. The monoisotopic (exact) mass is 363 g/mol. The number of nitrogens with zero attached hydrogens (tertiary/aromatic N) is 2. The normalized spacial score (nSPS) is 14.9. The molecule has 0 fully saturated rings. The molecule has 1 aliphatic rings. The number of benzene rings is 2. The van der Waals surface area contributed by atoms with Crippen LogP contribution in [0.25, 0.3) is 17.0 Å². The highest BCUT2D eigenvalue weighted by molar-refractivity contribution is 8.03. The Morgan fingerprint density at radius 2 is 1.96 bits per heavy atom. The van der Waals surface area contributed by atoms with Crippen molar-refractivity contribution in [3.63, 3.8) is 0 Å². The summed E-state index contributed by atoms with van der Waals surface area (Å²) in [6.07, 6.45) is 4.43. The van der Waals surface area contributed by atoms with E-state index in [0.717, 1.165) is 12.3 Å². The number of aryl methyl sites for hydroxylation is 1. The van der Waals surface area contributed by atoms with Gasteiger partial charge in [-0.05, 0) is 43.7 Å². The quantitative estimate of drug-likeness (QED) is 0.607. The summed E-state index contributed by atoms with van der Waals surface area (Å²) in [4.78, 5) is 3.65. The van der Waals surface area contributed by atoms with Crippen LogP contribution in [0.15, 0.2) is 64.7 Å². The van der Waals surface area contributed by atoms with E-state index in [9.17, 15) is 0 Å². The van der Waals surface area contributed by atoms with Gasteiger partial charge in [0.15, 0.2) is 6.20 Å². The topological polar surface area (TPSA) is 16.4 Å². The first-order chi connectivity index (χ1) is 12.7. The van der Waals surface area contributed by atoms with E-state index < -0.39 is 0 Å². The van der Waals surface area contributed by atoms with Crippen molar-refractivity contribution in [2.75, 3.05) is 18.1 Å². The summed E-state index contributed by atoms with van der Waals surface area (Å²) in [5.41, 5.74) is 3.72. The van der Waals surface area contributed by atoms with E-state index in [1.807, 2.05) is 18.7 Å². The average Bonchev–Trinajstić information content (AvgIpc) is 3.01. The number of hydrogen-bond donors (Lipinski definition) is 0. The summed E-state index contributed by atoms with van der Waals surface area (Å²) in [5.74, 6) is 0.934. The lowest BCUT2D eigenvalue weighted by Gasteiger charge is -2.18. The Bertz CT molecular complexity index is 997. The van der Waals surface area contributed by atoms with Crippen molar-refractivity contribution in [3.05, 3.63) is 65.3 Å². The van der Waals surface area contributed by atoms with Gasteiger partial charge in [-0.1, -0.05) is 23.9 Å². The van der Waals surface area contributed by atoms with Gasteiger partial charge in [0.2, 0.25) is 5.52 Å². The summed E-state index contributed by atoms with van der Waals surface area (Å²) in [5, 5.41) is 2.53. The van der Waals surface area contributed by atoms with Crippen LogP contribution in [0.1, 0.15) is 19.4 Å². The van der Waals surface area contributed by atoms with Gasteiger partial charge in [0.1, 0.15) is 12.8 Å². The lowest BCUT2D eigenvalue weighted by Crippen LogP contribution is -2.28. The Morgan fingerprint density at radius 1 is 1.12 bits per heavy atom. The second-order valence-corrected chi connectivity index (χ2v) is 7.35. The summed E-state index contributed by atoms with van der Waals surface area (Å²) < 4.78 is 7.86. The minimum absolute atomic E-state index is 0.688. The largest absolute Gasteiger partial charge is 0.494 e. The number of rotatable bonds is 4. The molecule has 4 rings (SSSR count). The Kier molecular flexibility index (Phi) is 4.60. The van der Waals surface area contributed by atoms with Crippen molar-refractivity contribution in [2.24, 2.45) is 7.05 Å². The average molecular weight is 364 g/mol. The molecule has 0 aliphatic carbocycles. The fourth-order valence-corrected chi connectivity index (χ4v) is 4.58. The third-order valence-corrected chi connectivity index (χ3v) is 5.79. The summed E-state index contributed by atoms with van der Waals surface area (Å²) in [6, 6.07) is 17.1. The maximum Gasteiger partial charge on any atom is 0.212 e. The highest BCUT2D eigenvalue weighted by atomic mass is 32.2. The lowest BCUT2D eigenvalue weighted by atomic mass is 10.1. The minimum atomic E-state index is 0.688. The van der Waals surface area contributed by atoms with Crippen molar-refractivity contribution in [2.45, 2.75) is 18.7 Å². The molecule has 0 radical (unpaired) electrons. The Hall–Kier alpha value is -2.46. The Morgan fingerprint density at radius 3 is 2.77 bits per heavy atom. The molecule has 0 spiro atoms. The summed E-state index contributed by atoms with van der Waals surface area (Å²) in [6.45, 7) is 5.83. The summed E-state index contributed by atoms with van der Waals surface area (Å²) in [7, 11) is 2.09. The van der Waals surface area contributed by atoms with Crippen molar-refractivity contribution in [1.29, 1.82) is 0 Å². The van der Waals surface area contributed by atoms with Crippen LogP contribution in [0, 0.1) is 0 Å². The molecule has 0 N–H and O–H groups in total. The van der Waals surface area contributed by atoms with E-state index in [2.05, 4.69) is 84.2 Å². The number of ether oxygens (including phenoxy) is 1. The van der Waals surface area contributed by atoms with Crippen LogP contribution < -0.4 is 14.2 Å². The first-order valence-electron chi connectivity index (χ1n) is 9.02. The number of aromatic nitrogens is 1. The number of para-hydroxylation sites is 1. The van der Waals surface area contributed by atoms with Crippen LogP contribution in [0.2, 0.25) is 0 Å². The molecule has 2 aromatic carbocycles. The zero-order valence-electron chi connectivity index (χ0n) is 15.4. The van der Waals surface area contributed by atoms with Gasteiger partial charge in [0.05, 0.1) is 22.7 Å². The first kappa shape index (κ1) is 17.0. The highest BCUT2D eigenvalue weighted by Gasteiger charge is 2.25. The molecule has 0 amide bonds. The second kappa shape index (κ2) is 7.04. The van der Waals surface area contributed by atoms with Gasteiger partial charge in [0, 0.05) is 29.6 Å². The number of pyridine rings is 1. The van der Waals surface area contributed by atoms with E-state index >= 15 is 0 Å². The van der Waals surface area contributed by atoms with Gasteiger partial charge in [-0.2, -0.15) is 0 Å². The maximum atomic E-state index is 5.69. The smallest absolute Gasteiger partial charge is 0.212 e. The van der Waals surface area contributed by atoms with Gasteiger partial charge in [0.25, 0.3) is 0 Å². The van der Waals surface area contributed by atoms with Crippen LogP contribution in [-0.4, -0.2) is 13.2 Å². The van der Waals surface area contributed by atoms with Crippen LogP contribution in [-0.2, 0) is 7.05 Å². The third-order valence-electron chi connectivity index (χ3n) is 4.68. The molecule has 3 aromatic rings. The predicted molar refractivity (Wildman–Crippen MR) is 110 cm³/mol. The molecule has 132 valence electrons. The molecule has 0 bridgehead atoms. The van der Waals surface area contributed by atoms with Gasteiger partial charge in [-0.15, -0.1) is 0 Å². The number of anilines is 1. The Balaban J connectivity index is 1.78. The van der Waals surface area contributed by atoms with Gasteiger partial charge in [-0.25, -0.2) is 4.57 Å². The van der Waals surface area contributed by atoms with Gasteiger partial charge < -0.3 is 9.64 Å². The minimum Gasteiger partial charge on any atom is -0.494 e. The van der Waals surface area contributed by atoms with E-state index in [4.69, 9.17) is 4.74 Å². The van der Waals surface area contributed by atoms with E-state index in [1.54, 1.807) is 0 Å². The predicted octanol–water partition coefficient (Wildman–Crippen LogP) is 4.99. The van der Waals surface area contributed by atoms with Gasteiger partial charge >= 0.3 is 0 Å². The molecular weight excluding hydrogens is 340 g/mol. The molecule has 1 aliphatic heterocycles. The zero-order chi connectivity index (χ0) is 18.1. The van der Waals surface area contributed by atoms with E-state index in [0.29, 0.717) is 6.61 Å². The fraction of sp³-hybridized carbons (Fsp3) is 0.227. The molecule has 0 saturated heterocycles. The molecule has 0 saturated carbocycles. The van der Waals surface area contributed by atoms with Crippen LogP contribution >= 0.6 is 11.8 Å². The van der Waals surface area contributed by atoms with Crippen LogP contribution in [0.4, 0.5) is 5.69 Å². The molecule has 0 atom stereocenters. The molecule has 1 aromatic heterocycles.